The van der Waals surface area contributed by atoms with Crippen LogP contribution in [0.3, 0.4) is 0 Å². The Balaban J connectivity index is 2.46. The van der Waals surface area contributed by atoms with Crippen LogP contribution in [-0.4, -0.2) is 29.6 Å². The molecule has 0 radical (unpaired) electrons. The lowest BCUT2D eigenvalue weighted by molar-refractivity contribution is 0.278. The highest BCUT2D eigenvalue weighted by molar-refractivity contribution is 5.03. The summed E-state index contributed by atoms with van der Waals surface area (Å²) in [6, 6.07) is 5.86. The second kappa shape index (κ2) is 5.64. The van der Waals surface area contributed by atoms with Crippen molar-refractivity contribution in [1.29, 1.82) is 0 Å². The molecule has 1 aromatic heterocycles. The molecule has 0 aliphatic rings. The van der Waals surface area contributed by atoms with Gasteiger partial charge in [-0.05, 0) is 12.1 Å². The van der Waals surface area contributed by atoms with Gasteiger partial charge in [0, 0.05) is 32.5 Å². The molecule has 72 valence electrons. The number of hydrogen-bond acceptors (Lipinski definition) is 4. The lowest BCUT2D eigenvalue weighted by atomic mass is 10.3. The number of hydrogen-bond donors (Lipinski definition) is 2. The Morgan fingerprint density at radius 3 is 2.69 bits per heavy atom. The minimum Gasteiger partial charge on any atom is -0.329 e. The van der Waals surface area contributed by atoms with Crippen LogP contribution in [0, 0.1) is 0 Å². The molecule has 0 saturated carbocycles. The maximum absolute atomic E-state index is 5.55. The highest BCUT2D eigenvalue weighted by atomic mass is 15.2. The maximum Gasteiger partial charge on any atom is 0.0544 e. The van der Waals surface area contributed by atoms with Gasteiger partial charge in [0.1, 0.15) is 0 Å². The van der Waals surface area contributed by atoms with Gasteiger partial charge in [-0.3, -0.25) is 9.88 Å². The van der Waals surface area contributed by atoms with Crippen molar-refractivity contribution in [2.45, 2.75) is 6.54 Å². The predicted octanol–water partition coefficient (Wildman–Crippen LogP) is -0.242. The summed E-state index contributed by atoms with van der Waals surface area (Å²) in [6.45, 7) is 2.74. The minimum atomic E-state index is 0.522. The lowest BCUT2D eigenvalue weighted by Crippen LogP contribution is -2.34. The van der Waals surface area contributed by atoms with Crippen molar-refractivity contribution in [2.24, 2.45) is 11.5 Å². The molecule has 0 amide bonds. The van der Waals surface area contributed by atoms with Gasteiger partial charge < -0.3 is 11.5 Å². The first kappa shape index (κ1) is 10.1. The highest BCUT2D eigenvalue weighted by Crippen LogP contribution is 1.98. The summed E-state index contributed by atoms with van der Waals surface area (Å²) in [5.41, 5.74) is 12.0. The summed E-state index contributed by atoms with van der Waals surface area (Å²) in [5.74, 6) is 0. The number of nitrogens with zero attached hydrogens (tertiary/aromatic N) is 2. The molecule has 0 spiro atoms. The van der Waals surface area contributed by atoms with Gasteiger partial charge in [0.15, 0.2) is 0 Å². The van der Waals surface area contributed by atoms with Gasteiger partial charge in [0.05, 0.1) is 5.69 Å². The summed E-state index contributed by atoms with van der Waals surface area (Å²) in [4.78, 5) is 6.27. The Hall–Kier alpha value is -0.970. The van der Waals surface area contributed by atoms with Gasteiger partial charge >= 0.3 is 0 Å². The normalized spacial score (nSPS) is 10.7. The van der Waals surface area contributed by atoms with Gasteiger partial charge in [-0.1, -0.05) is 6.07 Å². The zero-order valence-corrected chi connectivity index (χ0v) is 7.69. The molecular formula is C9H16N4. The molecule has 0 aliphatic heterocycles. The lowest BCUT2D eigenvalue weighted by Gasteiger charge is -2.18. The van der Waals surface area contributed by atoms with Crippen molar-refractivity contribution < 1.29 is 0 Å². The number of aromatic nitrogens is 1. The third-order valence-electron chi connectivity index (χ3n) is 1.82. The van der Waals surface area contributed by atoms with E-state index in [1.807, 2.05) is 18.2 Å². The van der Waals surface area contributed by atoms with Gasteiger partial charge in [0.2, 0.25) is 0 Å². The van der Waals surface area contributed by atoms with E-state index in [0.717, 1.165) is 18.8 Å². The van der Waals surface area contributed by atoms with E-state index in [1.54, 1.807) is 6.20 Å². The van der Waals surface area contributed by atoms with Crippen LogP contribution in [0.15, 0.2) is 24.4 Å². The Labute approximate surface area is 78.6 Å². The fraction of sp³-hybridized carbons (Fsp3) is 0.444. The van der Waals surface area contributed by atoms with Gasteiger partial charge in [-0.25, -0.2) is 0 Å². The fourth-order valence-corrected chi connectivity index (χ4v) is 1.14. The van der Waals surface area contributed by atoms with Crippen LogP contribution in [0.2, 0.25) is 0 Å². The van der Waals surface area contributed by atoms with E-state index >= 15 is 0 Å². The van der Waals surface area contributed by atoms with Crippen LogP contribution >= 0.6 is 0 Å². The molecule has 0 aromatic carbocycles. The Morgan fingerprint density at radius 1 is 1.31 bits per heavy atom. The molecule has 0 saturated heterocycles. The first-order valence-electron chi connectivity index (χ1n) is 4.39. The largest absolute Gasteiger partial charge is 0.329 e. The van der Waals surface area contributed by atoms with Crippen molar-refractivity contribution in [2.75, 3.05) is 19.8 Å². The Morgan fingerprint density at radius 2 is 2.15 bits per heavy atom. The monoisotopic (exact) mass is 180 g/mol. The molecule has 0 bridgehead atoms. The molecule has 4 nitrogen and oxygen atoms in total. The van der Waals surface area contributed by atoms with Crippen molar-refractivity contribution in [1.82, 2.24) is 9.88 Å². The van der Waals surface area contributed by atoms with E-state index in [-0.39, 0.29) is 0 Å². The van der Waals surface area contributed by atoms with Crippen LogP contribution in [0.4, 0.5) is 0 Å². The Kier molecular flexibility index (Phi) is 4.39. The molecule has 0 unspecified atom stereocenters. The van der Waals surface area contributed by atoms with E-state index in [1.165, 1.54) is 0 Å². The average molecular weight is 180 g/mol. The van der Waals surface area contributed by atoms with Crippen molar-refractivity contribution in [3.63, 3.8) is 0 Å². The number of rotatable bonds is 5. The van der Waals surface area contributed by atoms with Crippen LogP contribution in [0.25, 0.3) is 0 Å². The molecule has 13 heavy (non-hydrogen) atoms. The van der Waals surface area contributed by atoms with E-state index in [4.69, 9.17) is 11.5 Å². The zero-order chi connectivity index (χ0) is 9.52. The summed E-state index contributed by atoms with van der Waals surface area (Å²) >= 11 is 0. The van der Waals surface area contributed by atoms with Gasteiger partial charge in [0.25, 0.3) is 0 Å². The smallest absolute Gasteiger partial charge is 0.0544 e. The van der Waals surface area contributed by atoms with Crippen molar-refractivity contribution in [3.8, 4) is 0 Å². The molecule has 1 heterocycles. The van der Waals surface area contributed by atoms with Crippen LogP contribution in [0.5, 0.6) is 0 Å². The van der Waals surface area contributed by atoms with E-state index in [9.17, 15) is 0 Å². The zero-order valence-electron chi connectivity index (χ0n) is 7.69. The molecule has 4 heteroatoms. The molecule has 0 atom stereocenters. The number of pyridine rings is 1. The van der Waals surface area contributed by atoms with E-state index in [0.29, 0.717) is 13.2 Å². The summed E-state index contributed by atoms with van der Waals surface area (Å²) in [5, 5.41) is 0. The van der Waals surface area contributed by atoms with Crippen molar-refractivity contribution in [3.05, 3.63) is 30.1 Å². The van der Waals surface area contributed by atoms with Gasteiger partial charge in [-0.2, -0.15) is 0 Å². The Bertz CT molecular complexity index is 224. The van der Waals surface area contributed by atoms with Crippen LogP contribution < -0.4 is 11.5 Å². The third kappa shape index (κ3) is 3.50. The first-order chi connectivity index (χ1) is 6.36. The SMILES string of the molecule is NCCN(CN)Cc1ccccn1. The quantitative estimate of drug-likeness (QED) is 0.614. The van der Waals surface area contributed by atoms with Crippen LogP contribution in [0.1, 0.15) is 5.69 Å². The molecule has 1 rings (SSSR count). The standard InChI is InChI=1S/C9H16N4/c10-4-6-13(8-11)7-9-3-1-2-5-12-9/h1-3,5H,4,6-8,10-11H2. The van der Waals surface area contributed by atoms with E-state index < -0.39 is 0 Å². The summed E-state index contributed by atoms with van der Waals surface area (Å²) in [6.07, 6.45) is 1.78. The first-order valence-corrected chi connectivity index (χ1v) is 4.39. The van der Waals surface area contributed by atoms with E-state index in [2.05, 4.69) is 9.88 Å². The molecule has 1 aromatic rings. The third-order valence-corrected chi connectivity index (χ3v) is 1.82. The van der Waals surface area contributed by atoms with Crippen LogP contribution in [-0.2, 0) is 6.54 Å². The molecule has 4 N–H and O–H groups in total. The van der Waals surface area contributed by atoms with Gasteiger partial charge in [-0.15, -0.1) is 0 Å². The fourth-order valence-electron chi connectivity index (χ4n) is 1.14. The second-order valence-electron chi connectivity index (χ2n) is 2.84. The maximum atomic E-state index is 5.55. The topological polar surface area (TPSA) is 68.2 Å². The summed E-state index contributed by atoms with van der Waals surface area (Å²) in [7, 11) is 0. The summed E-state index contributed by atoms with van der Waals surface area (Å²) < 4.78 is 0. The minimum absolute atomic E-state index is 0.522. The predicted molar refractivity (Wildman–Crippen MR) is 52.8 cm³/mol. The molecule has 0 aliphatic carbocycles. The van der Waals surface area contributed by atoms with Crippen molar-refractivity contribution >= 4 is 0 Å². The second-order valence-corrected chi connectivity index (χ2v) is 2.84. The molecule has 0 fully saturated rings. The highest BCUT2D eigenvalue weighted by Gasteiger charge is 2.02. The molecular weight excluding hydrogens is 164 g/mol. The average Bonchev–Trinajstić information content (AvgIpc) is 2.19. The number of nitrogens with two attached hydrogens (primary N) is 2.